The Morgan fingerprint density at radius 3 is 2.62 bits per heavy atom. The number of ether oxygens (including phenoxy) is 2. The van der Waals surface area contributed by atoms with Crippen LogP contribution in [0.1, 0.15) is 45.7 Å². The number of pyridine rings is 1. The summed E-state index contributed by atoms with van der Waals surface area (Å²) in [6, 6.07) is 5.43. The summed E-state index contributed by atoms with van der Waals surface area (Å²) in [5, 5.41) is 21.3. The van der Waals surface area contributed by atoms with Gasteiger partial charge in [-0.05, 0) is 58.4 Å². The maximum absolute atomic E-state index is 11.7. The summed E-state index contributed by atoms with van der Waals surface area (Å²) in [4.78, 5) is 28.5. The van der Waals surface area contributed by atoms with Gasteiger partial charge in [-0.3, -0.25) is 5.32 Å². The number of hydrogen-bond donors (Lipinski definition) is 3. The molecule has 1 fully saturated rings. The Bertz CT molecular complexity index is 683. The number of aromatic nitrogens is 1. The van der Waals surface area contributed by atoms with Gasteiger partial charge in [0.1, 0.15) is 11.8 Å². The van der Waals surface area contributed by atoms with Crippen LogP contribution < -0.4 is 10.1 Å². The number of aryl methyl sites for hydroxylation is 1. The molecule has 0 spiro atoms. The van der Waals surface area contributed by atoms with Crippen molar-refractivity contribution >= 4 is 12.2 Å². The van der Waals surface area contributed by atoms with E-state index < -0.39 is 24.0 Å². The summed E-state index contributed by atoms with van der Waals surface area (Å²) in [5.74, 6) is 0.800. The zero-order valence-electron chi connectivity index (χ0n) is 17.3. The average molecular weight is 409 g/mol. The normalized spacial score (nSPS) is 16.2. The summed E-state index contributed by atoms with van der Waals surface area (Å²) < 4.78 is 10.9. The number of likely N-dealkylation sites (tertiary alicyclic amines) is 1. The predicted molar refractivity (Wildman–Crippen MR) is 106 cm³/mol. The highest BCUT2D eigenvalue weighted by molar-refractivity contribution is 5.67. The lowest BCUT2D eigenvalue weighted by molar-refractivity contribution is 0.0345. The van der Waals surface area contributed by atoms with Crippen LogP contribution in [0.2, 0.25) is 0 Å². The highest BCUT2D eigenvalue weighted by Crippen LogP contribution is 2.19. The van der Waals surface area contributed by atoms with E-state index in [-0.39, 0.29) is 0 Å². The van der Waals surface area contributed by atoms with Gasteiger partial charge in [0.25, 0.3) is 0 Å². The standard InChI is InChI=1S/C20H31N3O6/c1-20(2,3)29-18(25)22-16(24)8-7-15-5-4-6-17(21-15)28-13-14-9-11-23(12-10-14)19(26)27/h4-6,14,16,24H,7-13H2,1-3H3,(H,22,25)(H,26,27). The molecular formula is C20H31N3O6. The molecule has 1 aliphatic rings. The lowest BCUT2D eigenvalue weighted by Gasteiger charge is -2.29. The van der Waals surface area contributed by atoms with E-state index in [0.29, 0.717) is 44.3 Å². The summed E-state index contributed by atoms with van der Waals surface area (Å²) >= 11 is 0. The first-order valence-corrected chi connectivity index (χ1v) is 9.86. The molecular weight excluding hydrogens is 378 g/mol. The van der Waals surface area contributed by atoms with Crippen LogP contribution in [0.15, 0.2) is 18.2 Å². The number of carboxylic acid groups (broad SMARTS) is 1. The second-order valence-corrected chi connectivity index (χ2v) is 8.19. The Hall–Kier alpha value is -2.55. The molecule has 1 aromatic rings. The van der Waals surface area contributed by atoms with E-state index in [4.69, 9.17) is 14.6 Å². The molecule has 9 heteroatoms. The Labute approximate surface area is 171 Å². The maximum Gasteiger partial charge on any atom is 0.409 e. The second-order valence-electron chi connectivity index (χ2n) is 8.19. The van der Waals surface area contributed by atoms with Crippen molar-refractivity contribution in [2.75, 3.05) is 19.7 Å². The van der Waals surface area contributed by atoms with Crippen molar-refractivity contribution in [2.24, 2.45) is 5.92 Å². The van der Waals surface area contributed by atoms with Crippen LogP contribution in [-0.2, 0) is 11.2 Å². The van der Waals surface area contributed by atoms with Crippen molar-refractivity contribution in [3.63, 3.8) is 0 Å². The SMILES string of the molecule is CC(C)(C)OC(=O)NC(O)CCc1cccc(OCC2CCN(C(=O)O)CC2)n1. The predicted octanol–water partition coefficient (Wildman–Crippen LogP) is 2.63. The Balaban J connectivity index is 1.73. The highest BCUT2D eigenvalue weighted by Gasteiger charge is 2.23. The molecule has 162 valence electrons. The number of aliphatic hydroxyl groups is 1. The highest BCUT2D eigenvalue weighted by atomic mass is 16.6. The van der Waals surface area contributed by atoms with Crippen LogP contribution in [0, 0.1) is 5.92 Å². The topological polar surface area (TPSA) is 121 Å². The first kappa shape index (κ1) is 22.7. The Morgan fingerprint density at radius 2 is 2.00 bits per heavy atom. The fourth-order valence-corrected chi connectivity index (χ4v) is 2.97. The van der Waals surface area contributed by atoms with Gasteiger partial charge in [-0.25, -0.2) is 14.6 Å². The van der Waals surface area contributed by atoms with Crippen molar-refractivity contribution in [3.8, 4) is 5.88 Å². The molecule has 9 nitrogen and oxygen atoms in total. The van der Waals surface area contributed by atoms with Crippen LogP contribution in [0.5, 0.6) is 5.88 Å². The number of aliphatic hydroxyl groups excluding tert-OH is 1. The third-order valence-electron chi connectivity index (χ3n) is 4.49. The fourth-order valence-electron chi connectivity index (χ4n) is 2.97. The number of nitrogens with zero attached hydrogens (tertiary/aromatic N) is 2. The molecule has 0 radical (unpaired) electrons. The number of hydrogen-bond acceptors (Lipinski definition) is 6. The van der Waals surface area contributed by atoms with Crippen molar-refractivity contribution in [1.29, 1.82) is 0 Å². The van der Waals surface area contributed by atoms with E-state index in [1.54, 1.807) is 26.8 Å². The molecule has 0 aromatic carbocycles. The smallest absolute Gasteiger partial charge is 0.409 e. The second kappa shape index (κ2) is 10.3. The minimum absolute atomic E-state index is 0.295. The van der Waals surface area contributed by atoms with Crippen molar-refractivity contribution in [1.82, 2.24) is 15.2 Å². The number of amides is 2. The first-order valence-electron chi connectivity index (χ1n) is 9.86. The molecule has 1 saturated heterocycles. The quantitative estimate of drug-likeness (QED) is 0.592. The van der Waals surface area contributed by atoms with Crippen LogP contribution in [0.25, 0.3) is 0 Å². The van der Waals surface area contributed by atoms with E-state index in [1.807, 2.05) is 12.1 Å². The van der Waals surface area contributed by atoms with Crippen LogP contribution in [0.3, 0.4) is 0 Å². The number of nitrogens with one attached hydrogen (secondary N) is 1. The van der Waals surface area contributed by atoms with E-state index >= 15 is 0 Å². The van der Waals surface area contributed by atoms with Crippen molar-refractivity contribution in [3.05, 3.63) is 23.9 Å². The number of rotatable bonds is 7. The molecule has 1 aliphatic heterocycles. The van der Waals surface area contributed by atoms with Crippen molar-refractivity contribution < 1.29 is 29.3 Å². The summed E-state index contributed by atoms with van der Waals surface area (Å²) in [7, 11) is 0. The molecule has 0 saturated carbocycles. The summed E-state index contributed by atoms with van der Waals surface area (Å²) in [6.07, 6.45) is -0.265. The molecule has 1 unspecified atom stereocenters. The number of alkyl carbamates (subject to hydrolysis) is 1. The lowest BCUT2D eigenvalue weighted by atomic mass is 9.98. The largest absolute Gasteiger partial charge is 0.477 e. The molecule has 0 aliphatic carbocycles. The monoisotopic (exact) mass is 409 g/mol. The Kier molecular flexibility index (Phi) is 8.07. The van der Waals surface area contributed by atoms with Gasteiger partial charge in [0.05, 0.1) is 6.61 Å². The van der Waals surface area contributed by atoms with Gasteiger partial charge in [-0.1, -0.05) is 6.07 Å². The van der Waals surface area contributed by atoms with Gasteiger partial charge in [0, 0.05) is 24.8 Å². The van der Waals surface area contributed by atoms with Crippen molar-refractivity contribution in [2.45, 2.75) is 58.3 Å². The maximum atomic E-state index is 11.7. The van der Waals surface area contributed by atoms with Gasteiger partial charge < -0.3 is 24.6 Å². The van der Waals surface area contributed by atoms with Gasteiger partial charge in [-0.2, -0.15) is 0 Å². The molecule has 2 amide bonds. The van der Waals surface area contributed by atoms with Gasteiger partial charge in [0.2, 0.25) is 5.88 Å². The molecule has 0 bridgehead atoms. The van der Waals surface area contributed by atoms with Crippen LogP contribution in [0.4, 0.5) is 9.59 Å². The van der Waals surface area contributed by atoms with Gasteiger partial charge in [0.15, 0.2) is 0 Å². The minimum Gasteiger partial charge on any atom is -0.477 e. The summed E-state index contributed by atoms with van der Waals surface area (Å²) in [5.41, 5.74) is 0.120. The molecule has 2 rings (SSSR count). The number of carbonyl (C=O) groups is 2. The number of carbonyl (C=O) groups excluding carboxylic acids is 1. The summed E-state index contributed by atoms with van der Waals surface area (Å²) in [6.45, 7) is 6.81. The Morgan fingerprint density at radius 1 is 1.31 bits per heavy atom. The van der Waals surface area contributed by atoms with E-state index in [2.05, 4.69) is 10.3 Å². The third-order valence-corrected chi connectivity index (χ3v) is 4.49. The molecule has 2 heterocycles. The fraction of sp³-hybridized carbons (Fsp3) is 0.650. The average Bonchev–Trinajstić information content (AvgIpc) is 2.64. The van der Waals surface area contributed by atoms with E-state index in [9.17, 15) is 14.7 Å². The zero-order valence-corrected chi connectivity index (χ0v) is 17.3. The molecule has 1 atom stereocenters. The van der Waals surface area contributed by atoms with E-state index in [1.165, 1.54) is 4.90 Å². The van der Waals surface area contributed by atoms with Crippen LogP contribution in [-0.4, -0.2) is 63.8 Å². The first-order chi connectivity index (χ1) is 13.6. The minimum atomic E-state index is -1.03. The number of piperidine rings is 1. The zero-order chi connectivity index (χ0) is 21.4. The van der Waals surface area contributed by atoms with E-state index in [0.717, 1.165) is 18.5 Å². The molecule has 1 aromatic heterocycles. The molecule has 3 N–H and O–H groups in total. The lowest BCUT2D eigenvalue weighted by Crippen LogP contribution is -2.39. The molecule has 29 heavy (non-hydrogen) atoms. The van der Waals surface area contributed by atoms with Gasteiger partial charge in [-0.15, -0.1) is 0 Å². The van der Waals surface area contributed by atoms with Crippen LogP contribution >= 0.6 is 0 Å². The third kappa shape index (κ3) is 8.55. The van der Waals surface area contributed by atoms with Gasteiger partial charge >= 0.3 is 12.2 Å².